The molecule has 1 saturated heterocycles. The van der Waals surface area contributed by atoms with Gasteiger partial charge in [0.15, 0.2) is 0 Å². The van der Waals surface area contributed by atoms with E-state index in [1.54, 1.807) is 11.3 Å². The van der Waals surface area contributed by atoms with Crippen LogP contribution in [0.25, 0.3) is 10.2 Å². The number of benzene rings is 2. The quantitative estimate of drug-likeness (QED) is 0.655. The molecule has 0 bridgehead atoms. The second kappa shape index (κ2) is 7.80. The van der Waals surface area contributed by atoms with Gasteiger partial charge in [0.25, 0.3) is 5.19 Å². The highest BCUT2D eigenvalue weighted by Crippen LogP contribution is 2.31. The number of anilines is 1. The maximum atomic E-state index is 12.5. The number of thiazole rings is 1. The van der Waals surface area contributed by atoms with E-state index in [4.69, 9.17) is 4.74 Å². The summed E-state index contributed by atoms with van der Waals surface area (Å²) >= 11 is 1.59. The summed E-state index contributed by atoms with van der Waals surface area (Å²) in [7, 11) is 0. The Balaban J connectivity index is 1.32. The highest BCUT2D eigenvalue weighted by atomic mass is 32.1. The van der Waals surface area contributed by atoms with Crippen molar-refractivity contribution in [3.63, 3.8) is 0 Å². The number of nitrogens with zero attached hydrogens (tertiary/aromatic N) is 2. The van der Waals surface area contributed by atoms with Gasteiger partial charge in [-0.25, -0.2) is 9.78 Å². The lowest BCUT2D eigenvalue weighted by Gasteiger charge is -2.31. The maximum Gasteiger partial charge on any atom is 0.321 e. The third-order valence-electron chi connectivity index (χ3n) is 5.36. The number of piperidine rings is 1. The number of amides is 2. The van der Waals surface area contributed by atoms with Gasteiger partial charge in [-0.2, -0.15) is 0 Å². The lowest BCUT2D eigenvalue weighted by Crippen LogP contribution is -2.43. The number of fused-ring (bicyclic) bond motifs is 1. The van der Waals surface area contributed by atoms with Crippen molar-refractivity contribution in [3.05, 3.63) is 53.1 Å². The van der Waals surface area contributed by atoms with Gasteiger partial charge >= 0.3 is 6.03 Å². The van der Waals surface area contributed by atoms with Crippen LogP contribution in [0.1, 0.15) is 29.5 Å². The number of urea groups is 1. The lowest BCUT2D eigenvalue weighted by atomic mass is 10.1. The predicted octanol–water partition coefficient (Wildman–Crippen LogP) is 5.30. The molecule has 3 aromatic rings. The van der Waals surface area contributed by atoms with Gasteiger partial charge < -0.3 is 15.0 Å². The van der Waals surface area contributed by atoms with Crippen molar-refractivity contribution in [2.45, 2.75) is 39.7 Å². The van der Waals surface area contributed by atoms with Crippen LogP contribution in [0, 0.1) is 20.8 Å². The molecule has 5 nitrogen and oxygen atoms in total. The molecule has 0 spiro atoms. The fraction of sp³-hybridized carbons (Fsp3) is 0.364. The zero-order valence-electron chi connectivity index (χ0n) is 16.5. The van der Waals surface area contributed by atoms with Crippen LogP contribution in [-0.2, 0) is 0 Å². The van der Waals surface area contributed by atoms with Crippen molar-refractivity contribution < 1.29 is 9.53 Å². The minimum Gasteiger partial charge on any atom is -0.467 e. The number of carbonyl (C=O) groups excluding carboxylic acids is 1. The van der Waals surface area contributed by atoms with E-state index >= 15 is 0 Å². The number of hydrogen-bond donors (Lipinski definition) is 1. The first-order valence-electron chi connectivity index (χ1n) is 9.65. The standard InChI is InChI=1S/C22H25N3O2S/c1-14-7-8-17(13-16(14)3)23-21(26)25-11-9-18(10-12-25)27-22-24-20-15(2)5-4-6-19(20)28-22/h4-8,13,18H,9-12H2,1-3H3,(H,23,26). The highest BCUT2D eigenvalue weighted by molar-refractivity contribution is 7.20. The van der Waals surface area contributed by atoms with Gasteiger partial charge in [0, 0.05) is 31.6 Å². The molecule has 2 amide bonds. The van der Waals surface area contributed by atoms with E-state index in [0.717, 1.165) is 33.9 Å². The number of para-hydroxylation sites is 1. The number of nitrogens with one attached hydrogen (secondary N) is 1. The summed E-state index contributed by atoms with van der Waals surface area (Å²) in [4.78, 5) is 19.0. The lowest BCUT2D eigenvalue weighted by molar-refractivity contribution is 0.115. The molecule has 6 heteroatoms. The molecule has 146 valence electrons. The van der Waals surface area contributed by atoms with Crippen molar-refractivity contribution in [2.75, 3.05) is 18.4 Å². The Labute approximate surface area is 169 Å². The van der Waals surface area contributed by atoms with E-state index in [1.165, 1.54) is 16.7 Å². The van der Waals surface area contributed by atoms with Crippen molar-refractivity contribution >= 4 is 33.3 Å². The van der Waals surface area contributed by atoms with Crippen LogP contribution in [-0.4, -0.2) is 35.1 Å². The maximum absolute atomic E-state index is 12.5. The van der Waals surface area contributed by atoms with Crippen molar-refractivity contribution in [3.8, 4) is 5.19 Å². The molecule has 1 aliphatic heterocycles. The van der Waals surface area contributed by atoms with Gasteiger partial charge in [-0.15, -0.1) is 0 Å². The zero-order valence-corrected chi connectivity index (χ0v) is 17.3. The average molecular weight is 396 g/mol. The Morgan fingerprint density at radius 2 is 1.89 bits per heavy atom. The van der Waals surface area contributed by atoms with Crippen LogP contribution in [0.5, 0.6) is 5.19 Å². The summed E-state index contributed by atoms with van der Waals surface area (Å²) in [6, 6.07) is 12.1. The normalized spacial score (nSPS) is 15.0. The molecular formula is C22H25N3O2S. The van der Waals surface area contributed by atoms with Gasteiger partial charge in [0.2, 0.25) is 0 Å². The van der Waals surface area contributed by atoms with E-state index in [-0.39, 0.29) is 12.1 Å². The van der Waals surface area contributed by atoms with E-state index in [0.29, 0.717) is 13.1 Å². The Kier molecular flexibility index (Phi) is 5.22. The van der Waals surface area contributed by atoms with Gasteiger partial charge in [-0.1, -0.05) is 29.5 Å². The molecule has 0 atom stereocenters. The van der Waals surface area contributed by atoms with Gasteiger partial charge in [-0.05, 0) is 55.7 Å². The monoisotopic (exact) mass is 395 g/mol. The summed E-state index contributed by atoms with van der Waals surface area (Å²) in [5.41, 5.74) is 5.43. The number of hydrogen-bond acceptors (Lipinski definition) is 4. The van der Waals surface area contributed by atoms with Crippen molar-refractivity contribution in [1.29, 1.82) is 0 Å². The SMILES string of the molecule is Cc1ccc(NC(=O)N2CCC(Oc3nc4c(C)cccc4s3)CC2)cc1C. The number of rotatable bonds is 3. The van der Waals surface area contributed by atoms with Crippen LogP contribution in [0.3, 0.4) is 0 Å². The van der Waals surface area contributed by atoms with Crippen LogP contribution in [0.4, 0.5) is 10.5 Å². The fourth-order valence-corrected chi connectivity index (χ4v) is 4.42. The molecular weight excluding hydrogens is 370 g/mol. The van der Waals surface area contributed by atoms with Crippen LogP contribution < -0.4 is 10.1 Å². The molecule has 2 aromatic carbocycles. The largest absolute Gasteiger partial charge is 0.467 e. The molecule has 1 fully saturated rings. The molecule has 2 heterocycles. The molecule has 1 aliphatic rings. The van der Waals surface area contributed by atoms with Crippen LogP contribution in [0.15, 0.2) is 36.4 Å². The third-order valence-corrected chi connectivity index (χ3v) is 6.27. The number of aromatic nitrogens is 1. The minimum absolute atomic E-state index is 0.0442. The van der Waals surface area contributed by atoms with Crippen LogP contribution in [0.2, 0.25) is 0 Å². The number of aryl methyl sites for hydroxylation is 3. The van der Waals surface area contributed by atoms with Gasteiger partial charge in [-0.3, -0.25) is 0 Å². The predicted molar refractivity (Wildman–Crippen MR) is 115 cm³/mol. The first-order chi connectivity index (χ1) is 13.5. The summed E-state index contributed by atoms with van der Waals surface area (Å²) in [5.74, 6) is 0. The van der Waals surface area contributed by atoms with Gasteiger partial charge in [0.05, 0.1) is 10.2 Å². The number of ether oxygens (including phenoxy) is 1. The Hall–Kier alpha value is -2.60. The summed E-state index contributed by atoms with van der Waals surface area (Å²) in [6.07, 6.45) is 1.73. The molecule has 0 aliphatic carbocycles. The highest BCUT2D eigenvalue weighted by Gasteiger charge is 2.25. The average Bonchev–Trinajstić information content (AvgIpc) is 3.09. The molecule has 0 radical (unpaired) electrons. The van der Waals surface area contributed by atoms with E-state index in [9.17, 15) is 4.79 Å². The topological polar surface area (TPSA) is 54.5 Å². The second-order valence-corrected chi connectivity index (χ2v) is 8.43. The minimum atomic E-state index is -0.0442. The van der Waals surface area contributed by atoms with E-state index in [1.807, 2.05) is 29.2 Å². The summed E-state index contributed by atoms with van der Waals surface area (Å²) in [5, 5.41) is 3.73. The zero-order chi connectivity index (χ0) is 19.7. The molecule has 1 aromatic heterocycles. The molecule has 28 heavy (non-hydrogen) atoms. The number of carbonyl (C=O) groups is 1. The first-order valence-corrected chi connectivity index (χ1v) is 10.5. The van der Waals surface area contributed by atoms with Crippen LogP contribution >= 0.6 is 11.3 Å². The fourth-order valence-electron chi connectivity index (χ4n) is 3.46. The first kappa shape index (κ1) is 18.7. The molecule has 0 saturated carbocycles. The number of likely N-dealkylation sites (tertiary alicyclic amines) is 1. The third kappa shape index (κ3) is 3.97. The smallest absolute Gasteiger partial charge is 0.321 e. The van der Waals surface area contributed by atoms with E-state index in [2.05, 4.69) is 43.2 Å². The molecule has 1 N–H and O–H groups in total. The molecule has 4 rings (SSSR count). The van der Waals surface area contributed by atoms with Crippen molar-refractivity contribution in [1.82, 2.24) is 9.88 Å². The van der Waals surface area contributed by atoms with Crippen molar-refractivity contribution in [2.24, 2.45) is 0 Å². The summed E-state index contributed by atoms with van der Waals surface area (Å²) in [6.45, 7) is 7.56. The van der Waals surface area contributed by atoms with Gasteiger partial charge in [0.1, 0.15) is 6.10 Å². The summed E-state index contributed by atoms with van der Waals surface area (Å²) < 4.78 is 7.27. The second-order valence-electron chi connectivity index (χ2n) is 7.43. The molecule has 0 unspecified atom stereocenters. The Morgan fingerprint density at radius 1 is 1.11 bits per heavy atom. The van der Waals surface area contributed by atoms with E-state index < -0.39 is 0 Å². The Bertz CT molecular complexity index is 1010. The Morgan fingerprint density at radius 3 is 2.61 bits per heavy atom.